The Hall–Kier alpha value is -3.82. The van der Waals surface area contributed by atoms with Gasteiger partial charge in [0.1, 0.15) is 0 Å². The summed E-state index contributed by atoms with van der Waals surface area (Å²) in [5.41, 5.74) is 4.16. The summed E-state index contributed by atoms with van der Waals surface area (Å²) in [6, 6.07) is 20.6. The van der Waals surface area contributed by atoms with E-state index in [0.29, 0.717) is 27.9 Å². The second kappa shape index (κ2) is 12.1. The van der Waals surface area contributed by atoms with Crippen molar-refractivity contribution in [1.82, 2.24) is 4.98 Å². The van der Waals surface area contributed by atoms with Crippen LogP contribution in [0.1, 0.15) is 27.7 Å². The molecule has 0 bridgehead atoms. The molecule has 0 fully saturated rings. The molecule has 2 N–H and O–H groups in total. The standard InChI is InChI=1S/C29H29N3O4S2/c1-17-9-11-20(12-10-17)26-18(2)38-29(31-26)32-27(33)19(3)37-23-8-6-7-22(16-23)30-28(34)21-13-14-24(35-4)25(15-21)36-5/h6-16,19H,1-5H3,(H,30,34)(H,31,32,33). The van der Waals surface area contributed by atoms with E-state index in [4.69, 9.17) is 9.47 Å². The van der Waals surface area contributed by atoms with Gasteiger partial charge in [-0.25, -0.2) is 4.98 Å². The molecule has 9 heteroatoms. The van der Waals surface area contributed by atoms with Crippen molar-refractivity contribution in [3.63, 3.8) is 0 Å². The maximum Gasteiger partial charge on any atom is 0.255 e. The van der Waals surface area contributed by atoms with Gasteiger partial charge in [-0.05, 0) is 57.2 Å². The van der Waals surface area contributed by atoms with Crippen molar-refractivity contribution >= 4 is 45.7 Å². The quantitative estimate of drug-likeness (QED) is 0.224. The molecule has 0 spiro atoms. The van der Waals surface area contributed by atoms with Crippen LogP contribution in [0.15, 0.2) is 71.6 Å². The van der Waals surface area contributed by atoms with Crippen LogP contribution < -0.4 is 20.1 Å². The third-order valence-corrected chi connectivity index (χ3v) is 7.75. The Morgan fingerprint density at radius 2 is 1.66 bits per heavy atom. The first-order valence-electron chi connectivity index (χ1n) is 11.9. The van der Waals surface area contributed by atoms with Gasteiger partial charge in [0.25, 0.3) is 5.91 Å². The van der Waals surface area contributed by atoms with Crippen molar-refractivity contribution in [2.75, 3.05) is 24.9 Å². The average Bonchev–Trinajstić information content (AvgIpc) is 3.28. The van der Waals surface area contributed by atoms with Crippen LogP contribution in [0.5, 0.6) is 11.5 Å². The lowest BCUT2D eigenvalue weighted by Gasteiger charge is -2.12. The Balaban J connectivity index is 1.39. The molecule has 1 heterocycles. The van der Waals surface area contributed by atoms with Gasteiger partial charge in [0, 0.05) is 26.6 Å². The second-order valence-electron chi connectivity index (χ2n) is 8.59. The van der Waals surface area contributed by atoms with Crippen LogP contribution in [0.2, 0.25) is 0 Å². The Kier molecular flexibility index (Phi) is 8.70. The third kappa shape index (κ3) is 6.54. The summed E-state index contributed by atoms with van der Waals surface area (Å²) in [7, 11) is 3.07. The summed E-state index contributed by atoms with van der Waals surface area (Å²) in [4.78, 5) is 32.3. The molecule has 0 radical (unpaired) electrons. The number of carbonyl (C=O) groups excluding carboxylic acids is 2. The normalized spacial score (nSPS) is 11.5. The van der Waals surface area contributed by atoms with Gasteiger partial charge in [-0.15, -0.1) is 23.1 Å². The molecule has 7 nitrogen and oxygen atoms in total. The highest BCUT2D eigenvalue weighted by atomic mass is 32.2. The molecule has 3 aromatic carbocycles. The number of benzene rings is 3. The van der Waals surface area contributed by atoms with E-state index in [1.54, 1.807) is 31.4 Å². The number of rotatable bonds is 9. The van der Waals surface area contributed by atoms with Gasteiger partial charge >= 0.3 is 0 Å². The number of thiazole rings is 1. The molecule has 196 valence electrons. The Bertz CT molecular complexity index is 1450. The minimum absolute atomic E-state index is 0.140. The van der Waals surface area contributed by atoms with Crippen LogP contribution in [0.25, 0.3) is 11.3 Å². The molecule has 1 atom stereocenters. The maximum atomic E-state index is 12.9. The highest BCUT2D eigenvalue weighted by molar-refractivity contribution is 8.00. The zero-order valence-corrected chi connectivity index (χ0v) is 23.5. The number of hydrogen-bond donors (Lipinski definition) is 2. The van der Waals surface area contributed by atoms with Crippen molar-refractivity contribution in [3.05, 3.63) is 82.7 Å². The first kappa shape index (κ1) is 27.2. The molecular weight excluding hydrogens is 518 g/mol. The molecule has 38 heavy (non-hydrogen) atoms. The molecule has 4 rings (SSSR count). The first-order chi connectivity index (χ1) is 18.3. The molecule has 4 aromatic rings. The number of nitrogens with zero attached hydrogens (tertiary/aromatic N) is 1. The van der Waals surface area contributed by atoms with Gasteiger partial charge in [-0.1, -0.05) is 35.9 Å². The number of aryl methyl sites for hydroxylation is 2. The minimum atomic E-state index is -0.376. The average molecular weight is 548 g/mol. The number of anilines is 2. The van der Waals surface area contributed by atoms with E-state index in [2.05, 4.69) is 27.8 Å². The van der Waals surface area contributed by atoms with Gasteiger partial charge in [0.2, 0.25) is 5.91 Å². The Labute approximate surface area is 230 Å². The topological polar surface area (TPSA) is 89.5 Å². The van der Waals surface area contributed by atoms with Crippen LogP contribution in [0.3, 0.4) is 0 Å². The summed E-state index contributed by atoms with van der Waals surface area (Å²) in [5.74, 6) is 0.612. The van der Waals surface area contributed by atoms with E-state index >= 15 is 0 Å². The lowest BCUT2D eigenvalue weighted by Crippen LogP contribution is -2.22. The molecule has 0 aliphatic heterocycles. The monoisotopic (exact) mass is 547 g/mol. The van der Waals surface area contributed by atoms with Crippen molar-refractivity contribution in [2.45, 2.75) is 30.9 Å². The summed E-state index contributed by atoms with van der Waals surface area (Å²) in [6.45, 7) is 5.89. The van der Waals surface area contributed by atoms with Gasteiger partial charge in [-0.3, -0.25) is 9.59 Å². The number of methoxy groups -OCH3 is 2. The van der Waals surface area contributed by atoms with Crippen molar-refractivity contribution in [3.8, 4) is 22.8 Å². The minimum Gasteiger partial charge on any atom is -0.493 e. The lowest BCUT2D eigenvalue weighted by molar-refractivity contribution is -0.115. The molecule has 1 unspecified atom stereocenters. The van der Waals surface area contributed by atoms with Crippen LogP contribution in [0, 0.1) is 13.8 Å². The van der Waals surface area contributed by atoms with E-state index in [9.17, 15) is 9.59 Å². The molecule has 2 amide bonds. The molecule has 0 saturated heterocycles. The van der Waals surface area contributed by atoms with Crippen LogP contribution >= 0.6 is 23.1 Å². The third-order valence-electron chi connectivity index (χ3n) is 5.77. The van der Waals surface area contributed by atoms with E-state index in [-0.39, 0.29) is 17.1 Å². The molecule has 0 saturated carbocycles. The number of nitrogens with one attached hydrogen (secondary N) is 2. The summed E-state index contributed by atoms with van der Waals surface area (Å²) >= 11 is 2.87. The van der Waals surface area contributed by atoms with Crippen LogP contribution in [-0.2, 0) is 4.79 Å². The SMILES string of the molecule is COc1ccc(C(=O)Nc2cccc(SC(C)C(=O)Nc3nc(-c4ccc(C)cc4)c(C)s3)c2)cc1OC. The number of carbonyl (C=O) groups is 2. The predicted molar refractivity (Wildman–Crippen MR) is 155 cm³/mol. The molecular formula is C29H29N3O4S2. The predicted octanol–water partition coefficient (Wildman–Crippen LogP) is 6.82. The van der Waals surface area contributed by atoms with Crippen LogP contribution in [-0.4, -0.2) is 36.3 Å². The summed E-state index contributed by atoms with van der Waals surface area (Å²) in [5, 5.41) is 6.05. The van der Waals surface area contributed by atoms with E-state index < -0.39 is 0 Å². The number of hydrogen-bond acceptors (Lipinski definition) is 7. The first-order valence-corrected chi connectivity index (χ1v) is 13.6. The largest absolute Gasteiger partial charge is 0.493 e. The van der Waals surface area contributed by atoms with Gasteiger partial charge in [-0.2, -0.15) is 0 Å². The molecule has 0 aliphatic carbocycles. The van der Waals surface area contributed by atoms with Gasteiger partial charge in [0.05, 0.1) is 25.2 Å². The number of aromatic nitrogens is 1. The Morgan fingerprint density at radius 3 is 2.37 bits per heavy atom. The van der Waals surface area contributed by atoms with Gasteiger partial charge in [0.15, 0.2) is 16.6 Å². The fourth-order valence-electron chi connectivity index (χ4n) is 3.72. The van der Waals surface area contributed by atoms with E-state index in [0.717, 1.165) is 21.0 Å². The molecule has 1 aromatic heterocycles. The fourth-order valence-corrected chi connectivity index (χ4v) is 5.49. The highest BCUT2D eigenvalue weighted by Crippen LogP contribution is 2.32. The van der Waals surface area contributed by atoms with Crippen molar-refractivity contribution < 1.29 is 19.1 Å². The Morgan fingerprint density at radius 1 is 0.921 bits per heavy atom. The van der Waals surface area contributed by atoms with E-state index in [1.807, 2.05) is 51.1 Å². The summed E-state index contributed by atoms with van der Waals surface area (Å²) < 4.78 is 10.5. The lowest BCUT2D eigenvalue weighted by atomic mass is 10.1. The zero-order valence-electron chi connectivity index (χ0n) is 21.8. The number of amides is 2. The van der Waals surface area contributed by atoms with Crippen molar-refractivity contribution in [2.24, 2.45) is 0 Å². The van der Waals surface area contributed by atoms with Gasteiger partial charge < -0.3 is 20.1 Å². The maximum absolute atomic E-state index is 12.9. The smallest absolute Gasteiger partial charge is 0.255 e. The fraction of sp³-hybridized carbons (Fsp3) is 0.207. The molecule has 0 aliphatic rings. The zero-order chi connectivity index (χ0) is 27.2. The van der Waals surface area contributed by atoms with E-state index in [1.165, 1.54) is 35.8 Å². The van der Waals surface area contributed by atoms with Crippen LogP contribution in [0.4, 0.5) is 10.8 Å². The number of ether oxygens (including phenoxy) is 2. The van der Waals surface area contributed by atoms with Crippen molar-refractivity contribution in [1.29, 1.82) is 0 Å². The summed E-state index contributed by atoms with van der Waals surface area (Å²) in [6.07, 6.45) is 0. The highest BCUT2D eigenvalue weighted by Gasteiger charge is 2.18. The second-order valence-corrected chi connectivity index (χ2v) is 11.2. The number of thioether (sulfide) groups is 1.